The van der Waals surface area contributed by atoms with Gasteiger partial charge in [-0.1, -0.05) is 30.1 Å². The van der Waals surface area contributed by atoms with Crippen LogP contribution in [0.2, 0.25) is 0 Å². The van der Waals surface area contributed by atoms with Gasteiger partial charge in [0.1, 0.15) is 0 Å². The van der Waals surface area contributed by atoms with Crippen molar-refractivity contribution in [3.8, 4) is 24.0 Å². The number of esters is 1. The van der Waals surface area contributed by atoms with Crippen molar-refractivity contribution in [2.45, 2.75) is 31.8 Å². The van der Waals surface area contributed by atoms with Gasteiger partial charge in [0.15, 0.2) is 12.0 Å². The van der Waals surface area contributed by atoms with Crippen molar-refractivity contribution in [2.75, 3.05) is 6.61 Å². The van der Waals surface area contributed by atoms with E-state index in [9.17, 15) is 15.3 Å². The summed E-state index contributed by atoms with van der Waals surface area (Å²) in [7, 11) is 0. The standard InChI is InChI=1S/C16H15N3O2/c1-12(20)21-7-3-2-6-16(10-17,11-18)13-8-14-4-5-15(9-13)19-14/h4-5,8,14-15,19H,6-7,9H2,1H3. The number of ether oxygens (including phenoxy) is 1. The minimum Gasteiger partial charge on any atom is -0.453 e. The van der Waals surface area contributed by atoms with E-state index >= 15 is 0 Å². The average Bonchev–Trinajstić information content (AvgIpc) is 2.81. The summed E-state index contributed by atoms with van der Waals surface area (Å²) in [5, 5.41) is 22.2. The zero-order valence-corrected chi connectivity index (χ0v) is 11.7. The fourth-order valence-corrected chi connectivity index (χ4v) is 2.43. The number of carbonyl (C=O) groups excluding carboxylic acids is 1. The summed E-state index contributed by atoms with van der Waals surface area (Å²) in [5.41, 5.74) is -0.415. The minimum absolute atomic E-state index is 0.0182. The van der Waals surface area contributed by atoms with E-state index in [-0.39, 0.29) is 25.1 Å². The molecule has 0 amide bonds. The Morgan fingerprint density at radius 2 is 2.19 bits per heavy atom. The molecule has 2 aliphatic rings. The molecule has 2 atom stereocenters. The quantitative estimate of drug-likeness (QED) is 0.477. The summed E-state index contributed by atoms with van der Waals surface area (Å²) in [6.07, 6.45) is 6.77. The normalized spacial score (nSPS) is 22.3. The number of nitriles is 2. The minimum atomic E-state index is -1.23. The van der Waals surface area contributed by atoms with Crippen LogP contribution in [-0.2, 0) is 9.53 Å². The number of rotatable bonds is 3. The molecule has 0 aliphatic carbocycles. The van der Waals surface area contributed by atoms with Gasteiger partial charge in [0, 0.05) is 25.4 Å². The smallest absolute Gasteiger partial charge is 0.303 e. The molecule has 5 nitrogen and oxygen atoms in total. The molecule has 2 heterocycles. The maximum Gasteiger partial charge on any atom is 0.303 e. The Labute approximate surface area is 123 Å². The van der Waals surface area contributed by atoms with Crippen molar-refractivity contribution in [3.63, 3.8) is 0 Å². The van der Waals surface area contributed by atoms with Gasteiger partial charge < -0.3 is 10.1 Å². The lowest BCUT2D eigenvalue weighted by Gasteiger charge is -2.28. The number of fused-ring (bicyclic) bond motifs is 2. The molecule has 1 N–H and O–H groups in total. The van der Waals surface area contributed by atoms with Crippen molar-refractivity contribution in [1.82, 2.24) is 5.32 Å². The molecule has 2 rings (SSSR count). The van der Waals surface area contributed by atoms with Crippen LogP contribution in [0.4, 0.5) is 0 Å². The summed E-state index contributed by atoms with van der Waals surface area (Å²) < 4.78 is 4.70. The van der Waals surface area contributed by atoms with E-state index in [0.717, 1.165) is 5.57 Å². The molecular weight excluding hydrogens is 266 g/mol. The number of hydrogen-bond donors (Lipinski definition) is 1. The Balaban J connectivity index is 2.09. The highest BCUT2D eigenvalue weighted by molar-refractivity contribution is 5.66. The van der Waals surface area contributed by atoms with Crippen LogP contribution in [0, 0.1) is 39.9 Å². The van der Waals surface area contributed by atoms with E-state index in [1.54, 1.807) is 0 Å². The van der Waals surface area contributed by atoms with Gasteiger partial charge in [0.2, 0.25) is 0 Å². The van der Waals surface area contributed by atoms with Gasteiger partial charge in [-0.3, -0.25) is 4.79 Å². The predicted molar refractivity (Wildman–Crippen MR) is 75.2 cm³/mol. The van der Waals surface area contributed by atoms with Gasteiger partial charge in [-0.25, -0.2) is 0 Å². The van der Waals surface area contributed by atoms with Gasteiger partial charge in [0.05, 0.1) is 12.1 Å². The van der Waals surface area contributed by atoms with Crippen molar-refractivity contribution in [1.29, 1.82) is 10.5 Å². The molecule has 0 aromatic carbocycles. The summed E-state index contributed by atoms with van der Waals surface area (Å²) in [6.45, 7) is 1.29. The number of nitrogens with zero attached hydrogens (tertiary/aromatic N) is 2. The third-order valence-corrected chi connectivity index (χ3v) is 3.53. The molecule has 106 valence electrons. The maximum absolute atomic E-state index is 10.6. The zero-order valence-electron chi connectivity index (χ0n) is 11.7. The van der Waals surface area contributed by atoms with Gasteiger partial charge in [0.25, 0.3) is 0 Å². The van der Waals surface area contributed by atoms with Gasteiger partial charge in [-0.15, -0.1) is 0 Å². The molecule has 5 heteroatoms. The molecule has 2 bridgehead atoms. The lowest BCUT2D eigenvalue weighted by Crippen LogP contribution is -2.37. The van der Waals surface area contributed by atoms with E-state index in [1.165, 1.54) is 6.92 Å². The number of hydrogen-bond acceptors (Lipinski definition) is 5. The van der Waals surface area contributed by atoms with Gasteiger partial charge >= 0.3 is 5.97 Å². The van der Waals surface area contributed by atoms with Crippen LogP contribution in [0.5, 0.6) is 0 Å². The van der Waals surface area contributed by atoms with Gasteiger partial charge in [-0.05, 0) is 12.0 Å². The second-order valence-corrected chi connectivity index (χ2v) is 5.02. The largest absolute Gasteiger partial charge is 0.453 e. The molecular formula is C16H15N3O2. The fraction of sp³-hybridized carbons (Fsp3) is 0.438. The first-order valence-electron chi connectivity index (χ1n) is 6.67. The van der Waals surface area contributed by atoms with Crippen LogP contribution < -0.4 is 5.32 Å². The predicted octanol–water partition coefficient (Wildman–Crippen LogP) is 1.20. The van der Waals surface area contributed by atoms with E-state index < -0.39 is 11.4 Å². The van der Waals surface area contributed by atoms with E-state index in [1.807, 2.05) is 12.2 Å². The van der Waals surface area contributed by atoms with Crippen LogP contribution in [0.3, 0.4) is 0 Å². The Bertz CT molecular complexity index is 623. The van der Waals surface area contributed by atoms with Crippen molar-refractivity contribution in [3.05, 3.63) is 23.8 Å². The Morgan fingerprint density at radius 3 is 2.81 bits per heavy atom. The van der Waals surface area contributed by atoms with Crippen molar-refractivity contribution < 1.29 is 9.53 Å². The highest BCUT2D eigenvalue weighted by atomic mass is 16.5. The maximum atomic E-state index is 10.6. The third kappa shape index (κ3) is 3.31. The van der Waals surface area contributed by atoms with Crippen LogP contribution in [0.1, 0.15) is 19.8 Å². The highest BCUT2D eigenvalue weighted by Crippen LogP contribution is 2.36. The number of nitrogens with one attached hydrogen (secondary N) is 1. The molecule has 0 saturated carbocycles. The van der Waals surface area contributed by atoms with Crippen LogP contribution >= 0.6 is 0 Å². The highest BCUT2D eigenvalue weighted by Gasteiger charge is 2.38. The molecule has 2 aliphatic heterocycles. The van der Waals surface area contributed by atoms with E-state index in [4.69, 9.17) is 4.74 Å². The molecule has 2 unspecified atom stereocenters. The summed E-state index contributed by atoms with van der Waals surface area (Å²) in [4.78, 5) is 10.6. The molecule has 0 aromatic heterocycles. The lowest BCUT2D eigenvalue weighted by molar-refractivity contribution is -0.139. The Kier molecular flexibility index (Phi) is 4.43. The monoisotopic (exact) mass is 281 g/mol. The zero-order chi connectivity index (χ0) is 15.3. The lowest BCUT2D eigenvalue weighted by atomic mass is 9.76. The summed E-state index contributed by atoms with van der Waals surface area (Å²) >= 11 is 0. The summed E-state index contributed by atoms with van der Waals surface area (Å²) in [5.74, 6) is 5.04. The van der Waals surface area contributed by atoms with E-state index in [2.05, 4.69) is 35.4 Å². The molecule has 21 heavy (non-hydrogen) atoms. The van der Waals surface area contributed by atoms with E-state index in [0.29, 0.717) is 6.42 Å². The van der Waals surface area contributed by atoms with Gasteiger partial charge in [-0.2, -0.15) is 10.5 Å². The Morgan fingerprint density at radius 1 is 1.43 bits per heavy atom. The first-order chi connectivity index (χ1) is 10.1. The number of carbonyl (C=O) groups is 1. The molecule has 0 aromatic rings. The third-order valence-electron chi connectivity index (χ3n) is 3.53. The molecule has 0 radical (unpaired) electrons. The van der Waals surface area contributed by atoms with Crippen molar-refractivity contribution in [2.24, 2.45) is 5.41 Å². The SMILES string of the molecule is CC(=O)OCC#CCC(C#N)(C#N)C1=CC2C=CC(C1)N2. The summed E-state index contributed by atoms with van der Waals surface area (Å²) in [6, 6.07) is 4.49. The first kappa shape index (κ1) is 14.9. The van der Waals surface area contributed by atoms with Crippen molar-refractivity contribution >= 4 is 5.97 Å². The second-order valence-electron chi connectivity index (χ2n) is 5.02. The fourth-order valence-electron chi connectivity index (χ4n) is 2.43. The molecule has 0 saturated heterocycles. The molecule has 0 spiro atoms. The van der Waals surface area contributed by atoms with Crippen LogP contribution in [0.15, 0.2) is 23.8 Å². The Hall–Kier alpha value is -2.55. The van der Waals surface area contributed by atoms with Crippen LogP contribution in [-0.4, -0.2) is 24.7 Å². The second kappa shape index (κ2) is 6.27. The molecule has 0 fully saturated rings. The first-order valence-corrected chi connectivity index (χ1v) is 6.67. The topological polar surface area (TPSA) is 85.9 Å². The van der Waals surface area contributed by atoms with Crippen LogP contribution in [0.25, 0.3) is 0 Å². The average molecular weight is 281 g/mol.